The number of amides is 2. The smallest absolute Gasteiger partial charge is 0.318 e. The highest BCUT2D eigenvalue weighted by molar-refractivity contribution is 5.76. The molecule has 3 aromatic carbocycles. The lowest BCUT2D eigenvalue weighted by atomic mass is 9.96. The monoisotopic (exact) mass is 438 g/mol. The van der Waals surface area contributed by atoms with Crippen molar-refractivity contribution in [2.75, 3.05) is 13.1 Å². The number of imidazole rings is 1. The number of benzene rings is 3. The second-order valence-corrected chi connectivity index (χ2v) is 8.89. The van der Waals surface area contributed by atoms with Crippen LogP contribution in [0.15, 0.2) is 84.9 Å². The minimum atomic E-state index is -0.155. The number of rotatable bonds is 5. The van der Waals surface area contributed by atoms with Gasteiger partial charge in [-0.1, -0.05) is 72.8 Å². The molecule has 1 aromatic heterocycles. The first-order chi connectivity index (χ1) is 16.2. The third-order valence-corrected chi connectivity index (χ3v) is 6.72. The molecule has 33 heavy (non-hydrogen) atoms. The maximum absolute atomic E-state index is 13.2. The Labute approximate surface area is 195 Å². The minimum absolute atomic E-state index is 0.00965. The molecule has 1 saturated heterocycles. The average molecular weight is 439 g/mol. The van der Waals surface area contributed by atoms with Gasteiger partial charge in [-0.25, -0.2) is 9.78 Å². The van der Waals surface area contributed by atoms with Crippen molar-refractivity contribution in [3.8, 4) is 0 Å². The fourth-order valence-corrected chi connectivity index (χ4v) is 4.87. The van der Waals surface area contributed by atoms with Gasteiger partial charge >= 0.3 is 6.03 Å². The molecule has 5 rings (SSSR count). The van der Waals surface area contributed by atoms with Gasteiger partial charge in [-0.3, -0.25) is 0 Å². The van der Waals surface area contributed by atoms with Crippen LogP contribution < -0.4 is 5.32 Å². The van der Waals surface area contributed by atoms with Crippen LogP contribution in [0.2, 0.25) is 0 Å². The number of hydrogen-bond donors (Lipinski definition) is 1. The Bertz CT molecular complexity index is 1170. The van der Waals surface area contributed by atoms with E-state index in [2.05, 4.69) is 59.3 Å². The van der Waals surface area contributed by atoms with E-state index in [1.807, 2.05) is 47.4 Å². The third kappa shape index (κ3) is 4.63. The van der Waals surface area contributed by atoms with E-state index in [9.17, 15) is 4.79 Å². The summed E-state index contributed by atoms with van der Waals surface area (Å²) in [5.41, 5.74) is 4.44. The first kappa shape index (κ1) is 21.3. The van der Waals surface area contributed by atoms with E-state index in [-0.39, 0.29) is 12.1 Å². The van der Waals surface area contributed by atoms with Crippen molar-refractivity contribution in [3.63, 3.8) is 0 Å². The fourth-order valence-electron chi connectivity index (χ4n) is 4.87. The molecule has 1 aliphatic heterocycles. The van der Waals surface area contributed by atoms with Crippen molar-refractivity contribution >= 4 is 17.1 Å². The number of aromatic nitrogens is 2. The molecule has 0 radical (unpaired) electrons. The third-order valence-electron chi connectivity index (χ3n) is 6.72. The van der Waals surface area contributed by atoms with Crippen molar-refractivity contribution in [2.45, 2.75) is 32.4 Å². The lowest BCUT2D eigenvalue weighted by Gasteiger charge is -2.34. The van der Waals surface area contributed by atoms with Gasteiger partial charge in [0.05, 0.1) is 17.1 Å². The molecule has 2 heterocycles. The Kier molecular flexibility index (Phi) is 6.11. The number of nitrogens with one attached hydrogen (secondary N) is 1. The molecule has 1 N–H and O–H groups in total. The van der Waals surface area contributed by atoms with Crippen LogP contribution in [-0.4, -0.2) is 33.6 Å². The Morgan fingerprint density at radius 3 is 2.12 bits per heavy atom. The van der Waals surface area contributed by atoms with Gasteiger partial charge in [0.1, 0.15) is 5.82 Å². The van der Waals surface area contributed by atoms with Crippen LogP contribution >= 0.6 is 0 Å². The van der Waals surface area contributed by atoms with Crippen molar-refractivity contribution in [3.05, 3.63) is 102 Å². The van der Waals surface area contributed by atoms with Crippen LogP contribution in [-0.2, 0) is 6.54 Å². The molecule has 5 heteroatoms. The van der Waals surface area contributed by atoms with Gasteiger partial charge in [-0.15, -0.1) is 0 Å². The number of urea groups is 1. The second kappa shape index (κ2) is 9.49. The zero-order valence-electron chi connectivity index (χ0n) is 19.0. The maximum atomic E-state index is 13.2. The summed E-state index contributed by atoms with van der Waals surface area (Å²) in [5.74, 6) is 1.61. The van der Waals surface area contributed by atoms with Crippen LogP contribution in [0.4, 0.5) is 4.79 Å². The molecule has 0 atom stereocenters. The Hall–Kier alpha value is -3.60. The predicted octanol–water partition coefficient (Wildman–Crippen LogP) is 5.56. The summed E-state index contributed by atoms with van der Waals surface area (Å²) in [6.45, 7) is 4.59. The molecule has 0 bridgehead atoms. The summed E-state index contributed by atoms with van der Waals surface area (Å²) in [6, 6.07) is 28.5. The van der Waals surface area contributed by atoms with E-state index in [4.69, 9.17) is 4.98 Å². The van der Waals surface area contributed by atoms with Gasteiger partial charge < -0.3 is 14.8 Å². The number of carbonyl (C=O) groups excluding carboxylic acids is 1. The van der Waals surface area contributed by atoms with Gasteiger partial charge in [-0.05, 0) is 48.9 Å². The zero-order chi connectivity index (χ0) is 22.6. The van der Waals surface area contributed by atoms with Crippen molar-refractivity contribution in [1.82, 2.24) is 19.8 Å². The standard InChI is InChI=1S/C28H30N4O/c1-21-29-25-14-8-9-15-26(25)32(21)20-22-16-18-31(19-17-22)28(33)30-27(23-10-4-2-5-11-23)24-12-6-3-7-13-24/h2-15,22,27H,16-20H2,1H3,(H,30,33). The number of para-hydroxylation sites is 2. The van der Waals surface area contributed by atoms with Crippen LogP contribution in [0.1, 0.15) is 35.8 Å². The van der Waals surface area contributed by atoms with Crippen LogP contribution in [0.25, 0.3) is 11.0 Å². The molecule has 0 unspecified atom stereocenters. The SMILES string of the molecule is Cc1nc2ccccc2n1CC1CCN(C(=O)NC(c2ccccc2)c2ccccc2)CC1. The van der Waals surface area contributed by atoms with Crippen molar-refractivity contribution < 1.29 is 4.79 Å². The largest absolute Gasteiger partial charge is 0.328 e. The molecular formula is C28H30N4O. The molecule has 1 aliphatic rings. The first-order valence-electron chi connectivity index (χ1n) is 11.8. The summed E-state index contributed by atoms with van der Waals surface area (Å²) < 4.78 is 2.33. The average Bonchev–Trinajstić information content (AvgIpc) is 3.18. The number of nitrogens with zero attached hydrogens (tertiary/aromatic N) is 3. The van der Waals surface area contributed by atoms with E-state index in [1.165, 1.54) is 5.52 Å². The van der Waals surface area contributed by atoms with E-state index < -0.39 is 0 Å². The molecular weight excluding hydrogens is 408 g/mol. The van der Waals surface area contributed by atoms with E-state index in [0.717, 1.165) is 54.9 Å². The fraction of sp³-hybridized carbons (Fsp3) is 0.286. The highest BCUT2D eigenvalue weighted by atomic mass is 16.2. The molecule has 4 aromatic rings. The lowest BCUT2D eigenvalue weighted by molar-refractivity contribution is 0.164. The van der Waals surface area contributed by atoms with Crippen LogP contribution in [0.3, 0.4) is 0 Å². The van der Waals surface area contributed by atoms with Gasteiger partial charge in [-0.2, -0.15) is 0 Å². The number of piperidine rings is 1. The Morgan fingerprint density at radius 1 is 0.909 bits per heavy atom. The first-order valence-corrected chi connectivity index (χ1v) is 11.8. The minimum Gasteiger partial charge on any atom is -0.328 e. The van der Waals surface area contributed by atoms with Crippen molar-refractivity contribution in [2.24, 2.45) is 5.92 Å². The van der Waals surface area contributed by atoms with Gasteiger partial charge in [0.25, 0.3) is 0 Å². The van der Waals surface area contributed by atoms with E-state index in [1.54, 1.807) is 0 Å². The summed E-state index contributed by atoms with van der Waals surface area (Å²) in [6.07, 6.45) is 2.00. The normalized spacial score (nSPS) is 14.7. The molecule has 168 valence electrons. The second-order valence-electron chi connectivity index (χ2n) is 8.89. The number of likely N-dealkylation sites (tertiary alicyclic amines) is 1. The predicted molar refractivity (Wildman–Crippen MR) is 132 cm³/mol. The number of aryl methyl sites for hydroxylation is 1. The summed E-state index contributed by atoms with van der Waals surface area (Å²) in [4.78, 5) is 19.9. The molecule has 0 aliphatic carbocycles. The van der Waals surface area contributed by atoms with E-state index >= 15 is 0 Å². The zero-order valence-corrected chi connectivity index (χ0v) is 19.0. The van der Waals surface area contributed by atoms with Crippen molar-refractivity contribution in [1.29, 1.82) is 0 Å². The van der Waals surface area contributed by atoms with Gasteiger partial charge in [0, 0.05) is 19.6 Å². The Morgan fingerprint density at radius 2 is 1.48 bits per heavy atom. The number of fused-ring (bicyclic) bond motifs is 1. The summed E-state index contributed by atoms with van der Waals surface area (Å²) in [5, 5.41) is 3.28. The highest BCUT2D eigenvalue weighted by Crippen LogP contribution is 2.25. The van der Waals surface area contributed by atoms with Gasteiger partial charge in [0.15, 0.2) is 0 Å². The molecule has 5 nitrogen and oxygen atoms in total. The quantitative estimate of drug-likeness (QED) is 0.444. The molecule has 0 spiro atoms. The number of carbonyl (C=O) groups is 1. The lowest BCUT2D eigenvalue weighted by Crippen LogP contribution is -2.46. The molecule has 2 amide bonds. The van der Waals surface area contributed by atoms with Crippen LogP contribution in [0.5, 0.6) is 0 Å². The summed E-state index contributed by atoms with van der Waals surface area (Å²) >= 11 is 0. The van der Waals surface area contributed by atoms with Gasteiger partial charge in [0.2, 0.25) is 0 Å². The van der Waals surface area contributed by atoms with E-state index in [0.29, 0.717) is 5.92 Å². The topological polar surface area (TPSA) is 50.2 Å². The summed E-state index contributed by atoms with van der Waals surface area (Å²) in [7, 11) is 0. The molecule has 1 fully saturated rings. The van der Waals surface area contributed by atoms with Crippen LogP contribution in [0, 0.1) is 12.8 Å². The molecule has 0 saturated carbocycles. The Balaban J connectivity index is 1.24. The number of hydrogen-bond acceptors (Lipinski definition) is 2. The maximum Gasteiger partial charge on any atom is 0.318 e. The highest BCUT2D eigenvalue weighted by Gasteiger charge is 2.26.